The van der Waals surface area contributed by atoms with E-state index < -0.39 is 0 Å². The lowest BCUT2D eigenvalue weighted by Gasteiger charge is -2.24. The standard InChI is InChI=1S/C16H18FN3/c1-10-4-6-12(14(17)9-10)16(20-18)13-7-5-11-3-2-8-19-15(11)13/h2-4,6,8-9,13,16,20H,5,7,18H2,1H3. The van der Waals surface area contributed by atoms with E-state index in [1.165, 1.54) is 5.56 Å². The molecule has 3 nitrogen and oxygen atoms in total. The molecule has 1 heterocycles. The molecule has 2 unspecified atom stereocenters. The van der Waals surface area contributed by atoms with Gasteiger partial charge in [-0.2, -0.15) is 0 Å². The number of nitrogens with zero attached hydrogens (tertiary/aromatic N) is 1. The molecule has 1 aromatic carbocycles. The second-order valence-electron chi connectivity index (χ2n) is 5.36. The molecule has 4 heteroatoms. The SMILES string of the molecule is Cc1ccc(C(NN)C2CCc3cccnc32)c(F)c1. The number of halogens is 1. The van der Waals surface area contributed by atoms with Crippen LogP contribution < -0.4 is 11.3 Å². The summed E-state index contributed by atoms with van der Waals surface area (Å²) in [5.74, 6) is 5.61. The van der Waals surface area contributed by atoms with E-state index >= 15 is 0 Å². The lowest BCUT2D eigenvalue weighted by molar-refractivity contribution is 0.428. The summed E-state index contributed by atoms with van der Waals surface area (Å²) in [5, 5.41) is 0. The number of nitrogens with one attached hydrogen (secondary N) is 1. The van der Waals surface area contributed by atoms with Crippen molar-refractivity contribution in [3.05, 3.63) is 64.7 Å². The lowest BCUT2D eigenvalue weighted by Crippen LogP contribution is -2.33. The minimum atomic E-state index is -0.244. The zero-order valence-electron chi connectivity index (χ0n) is 11.4. The van der Waals surface area contributed by atoms with Crippen molar-refractivity contribution < 1.29 is 4.39 Å². The second kappa shape index (κ2) is 5.31. The quantitative estimate of drug-likeness (QED) is 0.666. The van der Waals surface area contributed by atoms with Gasteiger partial charge in [0, 0.05) is 23.4 Å². The van der Waals surface area contributed by atoms with Gasteiger partial charge in [-0.15, -0.1) is 0 Å². The Morgan fingerprint density at radius 3 is 3.00 bits per heavy atom. The molecule has 104 valence electrons. The zero-order chi connectivity index (χ0) is 14.1. The van der Waals surface area contributed by atoms with Gasteiger partial charge in [0.15, 0.2) is 0 Å². The van der Waals surface area contributed by atoms with Crippen LogP contribution in [0.5, 0.6) is 0 Å². The molecule has 0 saturated carbocycles. The van der Waals surface area contributed by atoms with Gasteiger partial charge in [-0.05, 0) is 43.0 Å². The van der Waals surface area contributed by atoms with Crippen molar-refractivity contribution in [2.75, 3.05) is 0 Å². The molecule has 1 aromatic heterocycles. The molecule has 0 aliphatic heterocycles. The van der Waals surface area contributed by atoms with Crippen molar-refractivity contribution in [2.24, 2.45) is 5.84 Å². The number of hydrazine groups is 1. The molecule has 20 heavy (non-hydrogen) atoms. The summed E-state index contributed by atoms with van der Waals surface area (Å²) in [6.07, 6.45) is 3.70. The van der Waals surface area contributed by atoms with E-state index in [2.05, 4.69) is 16.5 Å². The minimum absolute atomic E-state index is 0.119. The summed E-state index contributed by atoms with van der Waals surface area (Å²) in [6.45, 7) is 1.88. The molecular formula is C16H18FN3. The van der Waals surface area contributed by atoms with Crippen LogP contribution in [0.1, 0.15) is 40.8 Å². The third kappa shape index (κ3) is 2.21. The maximum Gasteiger partial charge on any atom is 0.128 e. The Morgan fingerprint density at radius 2 is 2.25 bits per heavy atom. The molecule has 3 rings (SSSR count). The molecule has 3 N–H and O–H groups in total. The number of hydrogen-bond donors (Lipinski definition) is 2. The van der Waals surface area contributed by atoms with Crippen LogP contribution in [0.15, 0.2) is 36.5 Å². The van der Waals surface area contributed by atoms with Gasteiger partial charge in [-0.25, -0.2) is 4.39 Å². The fourth-order valence-electron chi connectivity index (χ4n) is 3.08. The van der Waals surface area contributed by atoms with Gasteiger partial charge in [0.1, 0.15) is 5.82 Å². The molecule has 0 amide bonds. The number of fused-ring (bicyclic) bond motifs is 1. The van der Waals surface area contributed by atoms with Crippen LogP contribution >= 0.6 is 0 Å². The molecule has 1 aliphatic rings. The Kier molecular flexibility index (Phi) is 3.51. The van der Waals surface area contributed by atoms with Crippen LogP contribution in [-0.4, -0.2) is 4.98 Å². The molecule has 0 bridgehead atoms. The Balaban J connectivity index is 1.99. The van der Waals surface area contributed by atoms with Crippen molar-refractivity contribution in [2.45, 2.75) is 31.7 Å². The molecule has 0 saturated heterocycles. The van der Waals surface area contributed by atoms with Crippen LogP contribution in [-0.2, 0) is 6.42 Å². The van der Waals surface area contributed by atoms with Gasteiger partial charge in [0.25, 0.3) is 0 Å². The average Bonchev–Trinajstić information content (AvgIpc) is 2.86. The number of rotatable bonds is 3. The van der Waals surface area contributed by atoms with Crippen LogP contribution in [0.25, 0.3) is 0 Å². The molecule has 2 atom stereocenters. The van der Waals surface area contributed by atoms with Gasteiger partial charge < -0.3 is 0 Å². The van der Waals surface area contributed by atoms with Crippen molar-refractivity contribution in [1.29, 1.82) is 0 Å². The van der Waals surface area contributed by atoms with E-state index in [4.69, 9.17) is 5.84 Å². The first-order valence-electron chi connectivity index (χ1n) is 6.86. The molecule has 0 spiro atoms. The van der Waals surface area contributed by atoms with Gasteiger partial charge in [0.05, 0.1) is 6.04 Å². The van der Waals surface area contributed by atoms with E-state index in [-0.39, 0.29) is 17.8 Å². The van der Waals surface area contributed by atoms with E-state index in [1.807, 2.05) is 25.1 Å². The minimum Gasteiger partial charge on any atom is -0.271 e. The summed E-state index contributed by atoms with van der Waals surface area (Å²) >= 11 is 0. The maximum atomic E-state index is 14.2. The monoisotopic (exact) mass is 271 g/mol. The average molecular weight is 271 g/mol. The summed E-state index contributed by atoms with van der Waals surface area (Å²) in [4.78, 5) is 4.46. The largest absolute Gasteiger partial charge is 0.271 e. The van der Waals surface area contributed by atoms with Crippen molar-refractivity contribution in [3.8, 4) is 0 Å². The van der Waals surface area contributed by atoms with E-state index in [9.17, 15) is 4.39 Å². The van der Waals surface area contributed by atoms with E-state index in [0.717, 1.165) is 24.1 Å². The number of benzene rings is 1. The first-order chi connectivity index (χ1) is 9.70. The van der Waals surface area contributed by atoms with Crippen molar-refractivity contribution in [1.82, 2.24) is 10.4 Å². The summed E-state index contributed by atoms with van der Waals surface area (Å²) in [7, 11) is 0. The van der Waals surface area contributed by atoms with Crippen LogP contribution in [0, 0.1) is 12.7 Å². The van der Waals surface area contributed by atoms with Crippen LogP contribution in [0.4, 0.5) is 4.39 Å². The van der Waals surface area contributed by atoms with Gasteiger partial charge in [0.2, 0.25) is 0 Å². The maximum absolute atomic E-state index is 14.2. The van der Waals surface area contributed by atoms with Crippen LogP contribution in [0.2, 0.25) is 0 Å². The third-order valence-corrected chi connectivity index (χ3v) is 4.07. The van der Waals surface area contributed by atoms with Crippen molar-refractivity contribution in [3.63, 3.8) is 0 Å². The number of nitrogens with two attached hydrogens (primary N) is 1. The summed E-state index contributed by atoms with van der Waals surface area (Å²) < 4.78 is 14.2. The first-order valence-corrected chi connectivity index (χ1v) is 6.86. The highest BCUT2D eigenvalue weighted by atomic mass is 19.1. The van der Waals surface area contributed by atoms with E-state index in [0.29, 0.717) is 5.56 Å². The Bertz CT molecular complexity index is 627. The fraction of sp³-hybridized carbons (Fsp3) is 0.312. The Morgan fingerprint density at radius 1 is 1.40 bits per heavy atom. The number of hydrogen-bond acceptors (Lipinski definition) is 3. The first kappa shape index (κ1) is 13.2. The lowest BCUT2D eigenvalue weighted by atomic mass is 9.90. The highest BCUT2D eigenvalue weighted by Gasteiger charge is 2.32. The predicted octanol–water partition coefficient (Wildman–Crippen LogP) is 2.76. The van der Waals surface area contributed by atoms with Gasteiger partial charge in [-0.1, -0.05) is 18.2 Å². The Labute approximate surface area is 118 Å². The number of pyridine rings is 1. The van der Waals surface area contributed by atoms with Gasteiger partial charge in [-0.3, -0.25) is 16.3 Å². The highest BCUT2D eigenvalue weighted by molar-refractivity contribution is 5.35. The molecule has 0 radical (unpaired) electrons. The third-order valence-electron chi connectivity index (χ3n) is 4.07. The van der Waals surface area contributed by atoms with Crippen molar-refractivity contribution >= 4 is 0 Å². The topological polar surface area (TPSA) is 50.9 Å². The molecule has 0 fully saturated rings. The van der Waals surface area contributed by atoms with Gasteiger partial charge >= 0.3 is 0 Å². The summed E-state index contributed by atoms with van der Waals surface area (Å²) in [6, 6.07) is 9.06. The molecule has 1 aliphatic carbocycles. The fourth-order valence-corrected chi connectivity index (χ4v) is 3.08. The normalized spacial score (nSPS) is 18.9. The second-order valence-corrected chi connectivity index (χ2v) is 5.36. The Hall–Kier alpha value is -1.78. The summed E-state index contributed by atoms with van der Waals surface area (Å²) in [5.41, 5.74) is 6.58. The zero-order valence-corrected chi connectivity index (χ0v) is 11.4. The molecule has 2 aromatic rings. The smallest absolute Gasteiger partial charge is 0.128 e. The predicted molar refractivity (Wildman–Crippen MR) is 76.5 cm³/mol. The van der Waals surface area contributed by atoms with E-state index in [1.54, 1.807) is 12.3 Å². The van der Waals surface area contributed by atoms with Crippen LogP contribution in [0.3, 0.4) is 0 Å². The highest BCUT2D eigenvalue weighted by Crippen LogP contribution is 2.40. The number of aromatic nitrogens is 1. The molecular weight excluding hydrogens is 253 g/mol. The number of aryl methyl sites for hydroxylation is 2.